The van der Waals surface area contributed by atoms with Crippen LogP contribution in [0.3, 0.4) is 0 Å². The quantitative estimate of drug-likeness (QED) is 0.248. The normalized spacial score (nSPS) is 15.6. The van der Waals surface area contributed by atoms with Gasteiger partial charge in [-0.3, -0.25) is 19.2 Å². The third-order valence-electron chi connectivity index (χ3n) is 4.97. The maximum absolute atomic E-state index is 12.8. The summed E-state index contributed by atoms with van der Waals surface area (Å²) in [5.74, 6) is -3.58. The maximum atomic E-state index is 12.8. The number of hydrogen-bond donors (Lipinski definition) is 6. The molecule has 7 N–H and O–H groups in total. The van der Waals surface area contributed by atoms with E-state index >= 15 is 0 Å². The van der Waals surface area contributed by atoms with Crippen molar-refractivity contribution in [1.29, 1.82) is 0 Å². The van der Waals surface area contributed by atoms with E-state index in [1.807, 2.05) is 37.3 Å². The van der Waals surface area contributed by atoms with E-state index in [1.165, 1.54) is 6.92 Å². The molecule has 0 saturated carbocycles. The van der Waals surface area contributed by atoms with Crippen LogP contribution in [0, 0.1) is 5.92 Å². The predicted molar refractivity (Wildman–Crippen MR) is 114 cm³/mol. The summed E-state index contributed by atoms with van der Waals surface area (Å²) in [4.78, 5) is 48.4. The van der Waals surface area contributed by atoms with Gasteiger partial charge in [0.05, 0.1) is 12.6 Å². The number of carbonyl (C=O) groups is 4. The molecule has 31 heavy (non-hydrogen) atoms. The summed E-state index contributed by atoms with van der Waals surface area (Å²) in [6, 6.07) is 4.77. The molecule has 1 aromatic rings. The van der Waals surface area contributed by atoms with Crippen LogP contribution in [0.1, 0.15) is 32.8 Å². The minimum Gasteiger partial charge on any atom is -0.480 e. The van der Waals surface area contributed by atoms with Gasteiger partial charge in [0.25, 0.3) is 0 Å². The fourth-order valence-electron chi connectivity index (χ4n) is 2.75. The lowest BCUT2D eigenvalue weighted by atomic mass is 9.97. The summed E-state index contributed by atoms with van der Waals surface area (Å²) < 4.78 is 0. The van der Waals surface area contributed by atoms with Crippen LogP contribution in [0.25, 0.3) is 0 Å². The first kappa shape index (κ1) is 26.1. The number of aliphatic carboxylic acids is 1. The Kier molecular flexibility index (Phi) is 10.6. The van der Waals surface area contributed by atoms with E-state index in [9.17, 15) is 24.3 Å². The Morgan fingerprint density at radius 3 is 2.10 bits per heavy atom. The van der Waals surface area contributed by atoms with Gasteiger partial charge in [0, 0.05) is 0 Å². The van der Waals surface area contributed by atoms with E-state index in [2.05, 4.69) is 16.0 Å². The van der Waals surface area contributed by atoms with Crippen LogP contribution >= 0.6 is 0 Å². The van der Waals surface area contributed by atoms with E-state index < -0.39 is 54.5 Å². The zero-order valence-electron chi connectivity index (χ0n) is 18.0. The predicted octanol–water partition coefficient (Wildman–Crippen LogP) is -0.846. The standard InChI is InChI=1S/C21H32N4O6/c1-4-12(2)17(25-18(27)15(22)10-14-8-6-5-7-9-14)20(29)24-16(11-26)19(28)23-13(3)21(30)31/h5-9,12-13,15-17,26H,4,10-11,22H2,1-3H3,(H,23,28)(H,24,29)(H,25,27)(H,30,31). The number of nitrogens with one attached hydrogen (secondary N) is 3. The van der Waals surface area contributed by atoms with Crippen LogP contribution in [0.4, 0.5) is 0 Å². The van der Waals surface area contributed by atoms with Crippen molar-refractivity contribution in [2.75, 3.05) is 6.61 Å². The number of hydrogen-bond acceptors (Lipinski definition) is 6. The molecular formula is C21H32N4O6. The van der Waals surface area contributed by atoms with Gasteiger partial charge in [0.1, 0.15) is 18.1 Å². The first-order chi connectivity index (χ1) is 14.6. The number of carboxylic acid groups (broad SMARTS) is 1. The Balaban J connectivity index is 2.82. The number of benzene rings is 1. The molecule has 5 atom stereocenters. The summed E-state index contributed by atoms with van der Waals surface area (Å²) in [5.41, 5.74) is 6.87. The summed E-state index contributed by atoms with van der Waals surface area (Å²) in [7, 11) is 0. The molecule has 0 heterocycles. The number of carboxylic acids is 1. The van der Waals surface area contributed by atoms with Gasteiger partial charge in [-0.05, 0) is 24.8 Å². The van der Waals surface area contributed by atoms with Gasteiger partial charge in [-0.15, -0.1) is 0 Å². The van der Waals surface area contributed by atoms with E-state index in [1.54, 1.807) is 6.92 Å². The molecule has 0 bridgehead atoms. The minimum absolute atomic E-state index is 0.284. The van der Waals surface area contributed by atoms with Crippen molar-refractivity contribution in [3.8, 4) is 0 Å². The summed E-state index contributed by atoms with van der Waals surface area (Å²) in [6.45, 7) is 4.12. The van der Waals surface area contributed by atoms with Crippen LogP contribution in [0.5, 0.6) is 0 Å². The van der Waals surface area contributed by atoms with Crippen molar-refractivity contribution >= 4 is 23.7 Å². The molecule has 1 rings (SSSR count). The molecule has 0 aliphatic carbocycles. The monoisotopic (exact) mass is 436 g/mol. The SMILES string of the molecule is CCC(C)C(NC(=O)C(N)Cc1ccccc1)C(=O)NC(CO)C(=O)NC(C)C(=O)O. The summed E-state index contributed by atoms with van der Waals surface area (Å²) in [5, 5.41) is 25.6. The molecule has 1 aromatic carbocycles. The van der Waals surface area contributed by atoms with Crippen LogP contribution in [0.15, 0.2) is 30.3 Å². The van der Waals surface area contributed by atoms with Crippen molar-refractivity contribution in [3.05, 3.63) is 35.9 Å². The Hall–Kier alpha value is -2.98. The third kappa shape index (κ3) is 8.35. The first-order valence-corrected chi connectivity index (χ1v) is 10.1. The van der Waals surface area contributed by atoms with Crippen molar-refractivity contribution < 1.29 is 29.4 Å². The van der Waals surface area contributed by atoms with Crippen molar-refractivity contribution in [1.82, 2.24) is 16.0 Å². The van der Waals surface area contributed by atoms with E-state index in [0.717, 1.165) is 5.56 Å². The van der Waals surface area contributed by atoms with Gasteiger partial charge in [-0.1, -0.05) is 50.6 Å². The van der Waals surface area contributed by atoms with Crippen LogP contribution in [-0.2, 0) is 25.6 Å². The van der Waals surface area contributed by atoms with Gasteiger partial charge in [-0.2, -0.15) is 0 Å². The second kappa shape index (κ2) is 12.7. The Labute approximate surface area is 181 Å². The average molecular weight is 437 g/mol. The zero-order chi connectivity index (χ0) is 23.6. The fraction of sp³-hybridized carbons (Fsp3) is 0.524. The Morgan fingerprint density at radius 1 is 0.968 bits per heavy atom. The fourth-order valence-corrected chi connectivity index (χ4v) is 2.75. The first-order valence-electron chi connectivity index (χ1n) is 10.1. The largest absolute Gasteiger partial charge is 0.480 e. The topological polar surface area (TPSA) is 171 Å². The smallest absolute Gasteiger partial charge is 0.325 e. The molecule has 0 spiro atoms. The molecule has 172 valence electrons. The van der Waals surface area contributed by atoms with E-state index in [-0.39, 0.29) is 12.3 Å². The number of carbonyl (C=O) groups excluding carboxylic acids is 3. The highest BCUT2D eigenvalue weighted by atomic mass is 16.4. The molecule has 0 aliphatic heterocycles. The second-order valence-electron chi connectivity index (χ2n) is 7.48. The van der Waals surface area contributed by atoms with Gasteiger partial charge < -0.3 is 31.9 Å². The number of amides is 3. The molecular weight excluding hydrogens is 404 g/mol. The van der Waals surface area contributed by atoms with Gasteiger partial charge in [0.2, 0.25) is 17.7 Å². The molecule has 0 radical (unpaired) electrons. The highest BCUT2D eigenvalue weighted by Gasteiger charge is 2.31. The molecule has 5 unspecified atom stereocenters. The minimum atomic E-state index is -1.37. The van der Waals surface area contributed by atoms with Crippen LogP contribution < -0.4 is 21.7 Å². The average Bonchev–Trinajstić information content (AvgIpc) is 2.75. The Morgan fingerprint density at radius 2 is 1.58 bits per heavy atom. The molecule has 0 aromatic heterocycles. The van der Waals surface area contributed by atoms with Gasteiger partial charge in [-0.25, -0.2) is 0 Å². The highest BCUT2D eigenvalue weighted by molar-refractivity contribution is 5.94. The van der Waals surface area contributed by atoms with Gasteiger partial charge >= 0.3 is 5.97 Å². The maximum Gasteiger partial charge on any atom is 0.325 e. The van der Waals surface area contributed by atoms with Crippen LogP contribution in [-0.4, -0.2) is 64.7 Å². The lowest BCUT2D eigenvalue weighted by Gasteiger charge is -2.27. The molecule has 0 aliphatic rings. The summed E-state index contributed by atoms with van der Waals surface area (Å²) >= 11 is 0. The lowest BCUT2D eigenvalue weighted by molar-refractivity contribution is -0.142. The van der Waals surface area contributed by atoms with Crippen molar-refractivity contribution in [2.24, 2.45) is 11.7 Å². The van der Waals surface area contributed by atoms with Crippen LogP contribution in [0.2, 0.25) is 0 Å². The molecule has 0 fully saturated rings. The molecule has 0 saturated heterocycles. The molecule has 3 amide bonds. The number of rotatable bonds is 12. The second-order valence-corrected chi connectivity index (χ2v) is 7.48. The Bertz CT molecular complexity index is 757. The van der Waals surface area contributed by atoms with Crippen molar-refractivity contribution in [3.63, 3.8) is 0 Å². The zero-order valence-corrected chi connectivity index (χ0v) is 18.0. The van der Waals surface area contributed by atoms with E-state index in [4.69, 9.17) is 10.8 Å². The lowest BCUT2D eigenvalue weighted by Crippen LogP contribution is -2.59. The highest BCUT2D eigenvalue weighted by Crippen LogP contribution is 2.10. The number of aliphatic hydroxyl groups is 1. The molecule has 10 heteroatoms. The van der Waals surface area contributed by atoms with Gasteiger partial charge in [0.15, 0.2) is 0 Å². The molecule has 10 nitrogen and oxygen atoms in total. The number of nitrogens with two attached hydrogens (primary N) is 1. The van der Waals surface area contributed by atoms with Crippen molar-refractivity contribution in [2.45, 2.75) is 57.8 Å². The summed E-state index contributed by atoms with van der Waals surface area (Å²) in [6.07, 6.45) is 0.842. The third-order valence-corrected chi connectivity index (χ3v) is 4.97. The van der Waals surface area contributed by atoms with E-state index in [0.29, 0.717) is 6.42 Å². The number of aliphatic hydroxyl groups excluding tert-OH is 1.